The van der Waals surface area contributed by atoms with Gasteiger partial charge in [-0.3, -0.25) is 9.48 Å². The van der Waals surface area contributed by atoms with E-state index in [-0.39, 0.29) is 11.7 Å². The van der Waals surface area contributed by atoms with Crippen LogP contribution in [0.5, 0.6) is 0 Å². The second kappa shape index (κ2) is 4.98. The third kappa shape index (κ3) is 2.15. The molecule has 0 radical (unpaired) electrons. The van der Waals surface area contributed by atoms with Crippen LogP contribution in [-0.4, -0.2) is 15.6 Å². The number of allylic oxidation sites excluding steroid dienone is 3. The number of nitrogens with zero attached hydrogens (tertiary/aromatic N) is 3. The molecule has 0 spiro atoms. The number of aryl methyl sites for hydroxylation is 1. The van der Waals surface area contributed by atoms with Gasteiger partial charge in [0.25, 0.3) is 0 Å². The molecule has 1 unspecified atom stereocenters. The Bertz CT molecular complexity index is 805. The number of Topliss-reactive ketones (excluding diaryl/α,β-unsaturated/α-hetero) is 1. The highest BCUT2D eigenvalue weighted by Crippen LogP contribution is 2.45. The Labute approximate surface area is 134 Å². The van der Waals surface area contributed by atoms with E-state index < -0.39 is 5.92 Å². The van der Waals surface area contributed by atoms with Crippen LogP contribution in [0.1, 0.15) is 55.3 Å². The summed E-state index contributed by atoms with van der Waals surface area (Å²) in [6.45, 7) is 0. The topological polar surface area (TPSA) is 93.9 Å². The molecule has 1 fully saturated rings. The standard InChI is InChI=1S/C17H18N4O2/c1-21-12(7-11(20-21)9-5-6-9)15-10(8-18)17(19)23-14-4-2-3-13(22)16(14)15/h7,9,15H,2-6,19H2,1H3. The van der Waals surface area contributed by atoms with Crippen molar-refractivity contribution in [2.24, 2.45) is 12.8 Å². The molecule has 2 heterocycles. The van der Waals surface area contributed by atoms with Crippen molar-refractivity contribution in [1.29, 1.82) is 5.26 Å². The fourth-order valence-electron chi connectivity index (χ4n) is 3.51. The summed E-state index contributed by atoms with van der Waals surface area (Å²) >= 11 is 0. The number of carbonyl (C=O) groups excluding carboxylic acids is 1. The predicted molar refractivity (Wildman–Crippen MR) is 81.7 cm³/mol. The van der Waals surface area contributed by atoms with Crippen LogP contribution in [0.25, 0.3) is 0 Å². The van der Waals surface area contributed by atoms with Gasteiger partial charge in [0.1, 0.15) is 17.4 Å². The first kappa shape index (κ1) is 14.1. The molecular weight excluding hydrogens is 292 g/mol. The number of hydrogen-bond donors (Lipinski definition) is 1. The summed E-state index contributed by atoms with van der Waals surface area (Å²) < 4.78 is 7.36. The number of hydrogen-bond acceptors (Lipinski definition) is 5. The number of nitrogens with two attached hydrogens (primary N) is 1. The van der Waals surface area contributed by atoms with Crippen molar-refractivity contribution in [3.8, 4) is 6.07 Å². The summed E-state index contributed by atoms with van der Waals surface area (Å²) in [6, 6.07) is 4.16. The molecule has 6 heteroatoms. The quantitative estimate of drug-likeness (QED) is 0.903. The number of rotatable bonds is 2. The van der Waals surface area contributed by atoms with Gasteiger partial charge in [-0.1, -0.05) is 0 Å². The van der Waals surface area contributed by atoms with Crippen molar-refractivity contribution in [1.82, 2.24) is 9.78 Å². The van der Waals surface area contributed by atoms with Crippen LogP contribution in [0.2, 0.25) is 0 Å². The van der Waals surface area contributed by atoms with Gasteiger partial charge in [0.05, 0.1) is 17.3 Å². The molecular formula is C17H18N4O2. The SMILES string of the molecule is Cn1nc(C2CC2)cc1C1C(C#N)=C(N)OC2=C1C(=O)CCC2. The van der Waals surface area contributed by atoms with Crippen molar-refractivity contribution in [3.63, 3.8) is 0 Å². The first-order valence-corrected chi connectivity index (χ1v) is 7.97. The normalized spacial score (nSPS) is 24.3. The van der Waals surface area contributed by atoms with Crippen LogP contribution in [-0.2, 0) is 16.6 Å². The summed E-state index contributed by atoms with van der Waals surface area (Å²) in [7, 11) is 1.86. The second-order valence-corrected chi connectivity index (χ2v) is 6.43. The predicted octanol–water partition coefficient (Wildman–Crippen LogP) is 2.11. The average molecular weight is 310 g/mol. The van der Waals surface area contributed by atoms with E-state index in [0.717, 1.165) is 30.7 Å². The van der Waals surface area contributed by atoms with Crippen LogP contribution >= 0.6 is 0 Å². The highest BCUT2D eigenvalue weighted by Gasteiger charge is 2.40. The third-order valence-electron chi connectivity index (χ3n) is 4.83. The maximum atomic E-state index is 12.5. The highest BCUT2D eigenvalue weighted by atomic mass is 16.5. The lowest BCUT2D eigenvalue weighted by molar-refractivity contribution is -0.116. The second-order valence-electron chi connectivity index (χ2n) is 6.43. The number of nitriles is 1. The van der Waals surface area contributed by atoms with E-state index in [0.29, 0.717) is 35.7 Å². The fourth-order valence-corrected chi connectivity index (χ4v) is 3.51. The molecule has 1 saturated carbocycles. The minimum absolute atomic E-state index is 0.0469. The molecule has 1 aromatic rings. The van der Waals surface area contributed by atoms with Gasteiger partial charge < -0.3 is 10.5 Å². The number of ketones is 1. The van der Waals surface area contributed by atoms with Crippen LogP contribution in [0.3, 0.4) is 0 Å². The van der Waals surface area contributed by atoms with E-state index in [1.807, 2.05) is 13.1 Å². The van der Waals surface area contributed by atoms with E-state index in [4.69, 9.17) is 10.5 Å². The third-order valence-corrected chi connectivity index (χ3v) is 4.83. The fraction of sp³-hybridized carbons (Fsp3) is 0.471. The molecule has 0 bridgehead atoms. The van der Waals surface area contributed by atoms with Crippen molar-refractivity contribution in [3.05, 3.63) is 40.2 Å². The Morgan fingerprint density at radius 3 is 2.91 bits per heavy atom. The van der Waals surface area contributed by atoms with Crippen molar-refractivity contribution < 1.29 is 9.53 Å². The first-order valence-electron chi connectivity index (χ1n) is 7.97. The zero-order valence-electron chi connectivity index (χ0n) is 13.0. The van der Waals surface area contributed by atoms with Gasteiger partial charge in [-0.05, 0) is 25.3 Å². The van der Waals surface area contributed by atoms with E-state index in [2.05, 4.69) is 11.2 Å². The Kier molecular flexibility index (Phi) is 3.05. The van der Waals surface area contributed by atoms with E-state index >= 15 is 0 Å². The molecule has 23 heavy (non-hydrogen) atoms. The number of aromatic nitrogens is 2. The number of ether oxygens (including phenoxy) is 1. The van der Waals surface area contributed by atoms with Crippen molar-refractivity contribution in [2.45, 2.75) is 43.9 Å². The molecule has 6 nitrogen and oxygen atoms in total. The summed E-state index contributed by atoms with van der Waals surface area (Å²) in [6.07, 6.45) is 4.24. The minimum atomic E-state index is -0.457. The molecule has 1 aliphatic heterocycles. The van der Waals surface area contributed by atoms with E-state index in [1.165, 1.54) is 0 Å². The first-order chi connectivity index (χ1) is 11.1. The Balaban J connectivity index is 1.87. The Morgan fingerprint density at radius 1 is 1.43 bits per heavy atom. The van der Waals surface area contributed by atoms with Gasteiger partial charge >= 0.3 is 0 Å². The highest BCUT2D eigenvalue weighted by molar-refractivity contribution is 5.99. The summed E-state index contributed by atoms with van der Waals surface area (Å²) in [5.41, 5.74) is 8.74. The van der Waals surface area contributed by atoms with Crippen LogP contribution in [0.4, 0.5) is 0 Å². The molecule has 3 aliphatic rings. The molecule has 118 valence electrons. The van der Waals surface area contributed by atoms with Gasteiger partial charge in [-0.2, -0.15) is 10.4 Å². The molecule has 4 rings (SSSR count). The zero-order chi connectivity index (χ0) is 16.1. The molecule has 0 aromatic carbocycles. The zero-order valence-corrected chi connectivity index (χ0v) is 13.0. The molecule has 2 N–H and O–H groups in total. The average Bonchev–Trinajstić information content (AvgIpc) is 3.29. The summed E-state index contributed by atoms with van der Waals surface area (Å²) in [5.74, 6) is 0.835. The van der Waals surface area contributed by atoms with Crippen LogP contribution < -0.4 is 5.73 Å². The molecule has 1 aromatic heterocycles. The Morgan fingerprint density at radius 2 is 2.22 bits per heavy atom. The van der Waals surface area contributed by atoms with E-state index in [9.17, 15) is 10.1 Å². The molecule has 1 atom stereocenters. The largest absolute Gasteiger partial charge is 0.444 e. The van der Waals surface area contributed by atoms with Crippen LogP contribution in [0, 0.1) is 11.3 Å². The van der Waals surface area contributed by atoms with Crippen molar-refractivity contribution in [2.75, 3.05) is 0 Å². The lowest BCUT2D eigenvalue weighted by Crippen LogP contribution is -2.28. The molecule has 0 saturated heterocycles. The molecule has 0 amide bonds. The van der Waals surface area contributed by atoms with Gasteiger partial charge in [0, 0.05) is 31.4 Å². The maximum Gasteiger partial charge on any atom is 0.205 e. The summed E-state index contributed by atoms with van der Waals surface area (Å²) in [5, 5.41) is 14.1. The molecule has 2 aliphatic carbocycles. The van der Waals surface area contributed by atoms with Gasteiger partial charge in [-0.25, -0.2) is 0 Å². The summed E-state index contributed by atoms with van der Waals surface area (Å²) in [4.78, 5) is 12.5. The van der Waals surface area contributed by atoms with E-state index in [1.54, 1.807) is 4.68 Å². The van der Waals surface area contributed by atoms with Gasteiger partial charge in [0.2, 0.25) is 5.88 Å². The lowest BCUT2D eigenvalue weighted by Gasteiger charge is -2.30. The monoisotopic (exact) mass is 310 g/mol. The van der Waals surface area contributed by atoms with Crippen LogP contribution in [0.15, 0.2) is 28.9 Å². The smallest absolute Gasteiger partial charge is 0.205 e. The minimum Gasteiger partial charge on any atom is -0.444 e. The Hall–Kier alpha value is -2.55. The lowest BCUT2D eigenvalue weighted by atomic mass is 9.79. The van der Waals surface area contributed by atoms with Gasteiger partial charge in [0.15, 0.2) is 5.78 Å². The van der Waals surface area contributed by atoms with Crippen molar-refractivity contribution >= 4 is 5.78 Å². The maximum absolute atomic E-state index is 12.5. The van der Waals surface area contributed by atoms with Gasteiger partial charge in [-0.15, -0.1) is 0 Å². The number of carbonyl (C=O) groups is 1.